The van der Waals surface area contributed by atoms with Gasteiger partial charge in [-0.15, -0.1) is 0 Å². The van der Waals surface area contributed by atoms with E-state index in [4.69, 9.17) is 0 Å². The lowest BCUT2D eigenvalue weighted by Crippen LogP contribution is -2.36. The molecule has 4 saturated carbocycles. The third-order valence-electron chi connectivity index (χ3n) is 6.15. The predicted molar refractivity (Wildman–Crippen MR) is 67.1 cm³/mol. The Hall–Kier alpha value is -0.260. The fraction of sp³-hybridized carbons (Fsp3) is 0.875. The molecule has 0 heterocycles. The molecule has 1 atom stereocenters. The van der Waals surface area contributed by atoms with Gasteiger partial charge >= 0.3 is 0 Å². The maximum absolute atomic E-state index is 2.74. The number of allylic oxidation sites excluding steroid dienone is 2. The lowest BCUT2D eigenvalue weighted by Gasteiger charge is -2.48. The molecule has 0 aliphatic heterocycles. The molecule has 0 saturated heterocycles. The molecular weight excluding hydrogens is 192 g/mol. The van der Waals surface area contributed by atoms with E-state index in [-0.39, 0.29) is 0 Å². The predicted octanol–water partition coefficient (Wildman–Crippen LogP) is 4.56. The molecule has 0 radical (unpaired) electrons. The van der Waals surface area contributed by atoms with E-state index in [9.17, 15) is 0 Å². The van der Waals surface area contributed by atoms with Crippen molar-refractivity contribution in [2.45, 2.75) is 57.8 Å². The van der Waals surface area contributed by atoms with Crippen molar-refractivity contribution in [3.05, 3.63) is 11.6 Å². The van der Waals surface area contributed by atoms with Gasteiger partial charge in [-0.3, -0.25) is 0 Å². The van der Waals surface area contributed by atoms with E-state index in [1.165, 1.54) is 25.7 Å². The van der Waals surface area contributed by atoms with Crippen LogP contribution in [-0.4, -0.2) is 0 Å². The Morgan fingerprint density at radius 3 is 2.06 bits per heavy atom. The molecule has 0 aromatic heterocycles. The highest BCUT2D eigenvalue weighted by Gasteiger charge is 2.41. The summed E-state index contributed by atoms with van der Waals surface area (Å²) < 4.78 is 0. The van der Waals surface area contributed by atoms with Gasteiger partial charge in [0.2, 0.25) is 0 Å². The molecular formula is C16H24. The van der Waals surface area contributed by atoms with E-state index in [0.29, 0.717) is 0 Å². The quantitative estimate of drug-likeness (QED) is 0.564. The molecule has 6 aliphatic rings. The molecule has 4 fully saturated rings. The monoisotopic (exact) mass is 216 g/mol. The summed E-state index contributed by atoms with van der Waals surface area (Å²) in [7, 11) is 0. The van der Waals surface area contributed by atoms with Gasteiger partial charge < -0.3 is 0 Å². The largest absolute Gasteiger partial charge is 0.0816 e. The van der Waals surface area contributed by atoms with Gasteiger partial charge in [-0.25, -0.2) is 0 Å². The van der Waals surface area contributed by atoms with E-state index in [0.717, 1.165) is 29.6 Å². The Labute approximate surface area is 99.5 Å². The first-order valence-electron chi connectivity index (χ1n) is 7.62. The highest BCUT2D eigenvalue weighted by atomic mass is 14.5. The van der Waals surface area contributed by atoms with Crippen molar-refractivity contribution in [3.63, 3.8) is 0 Å². The van der Waals surface area contributed by atoms with Gasteiger partial charge in [0.05, 0.1) is 0 Å². The van der Waals surface area contributed by atoms with E-state index in [2.05, 4.69) is 6.08 Å². The van der Waals surface area contributed by atoms with E-state index in [1.807, 2.05) is 5.57 Å². The van der Waals surface area contributed by atoms with Gasteiger partial charge in [-0.2, -0.15) is 0 Å². The Bertz CT molecular complexity index is 298. The van der Waals surface area contributed by atoms with Crippen molar-refractivity contribution in [1.29, 1.82) is 0 Å². The van der Waals surface area contributed by atoms with Crippen molar-refractivity contribution >= 4 is 0 Å². The lowest BCUT2D eigenvalue weighted by molar-refractivity contribution is 0.105. The number of hydrogen-bond acceptors (Lipinski definition) is 0. The molecule has 0 aromatic rings. The van der Waals surface area contributed by atoms with Crippen LogP contribution in [0.3, 0.4) is 0 Å². The summed E-state index contributed by atoms with van der Waals surface area (Å²) in [5, 5.41) is 0. The van der Waals surface area contributed by atoms with Crippen molar-refractivity contribution in [2.24, 2.45) is 29.6 Å². The van der Waals surface area contributed by atoms with Gasteiger partial charge in [-0.05, 0) is 74.5 Å². The third-order valence-corrected chi connectivity index (χ3v) is 6.15. The normalized spacial score (nSPS) is 50.5. The van der Waals surface area contributed by atoms with Crippen LogP contribution in [0.2, 0.25) is 0 Å². The maximum atomic E-state index is 2.74. The minimum atomic E-state index is 0.987. The highest BCUT2D eigenvalue weighted by molar-refractivity contribution is 5.21. The van der Waals surface area contributed by atoms with Gasteiger partial charge in [0.1, 0.15) is 0 Å². The van der Waals surface area contributed by atoms with Crippen molar-refractivity contribution in [2.75, 3.05) is 0 Å². The van der Waals surface area contributed by atoms with E-state index >= 15 is 0 Å². The van der Waals surface area contributed by atoms with Crippen LogP contribution in [0.1, 0.15) is 57.8 Å². The molecule has 0 nitrogen and oxygen atoms in total. The van der Waals surface area contributed by atoms with Crippen LogP contribution >= 0.6 is 0 Å². The molecule has 0 heteroatoms. The van der Waals surface area contributed by atoms with Crippen LogP contribution < -0.4 is 0 Å². The number of rotatable bonds is 1. The summed E-state index contributed by atoms with van der Waals surface area (Å²) in [6, 6.07) is 0. The van der Waals surface area contributed by atoms with Gasteiger partial charge in [0.15, 0.2) is 0 Å². The van der Waals surface area contributed by atoms with Gasteiger partial charge in [0.25, 0.3) is 0 Å². The Morgan fingerprint density at radius 2 is 1.56 bits per heavy atom. The minimum Gasteiger partial charge on any atom is -0.0816 e. The molecule has 6 aliphatic carbocycles. The van der Waals surface area contributed by atoms with Gasteiger partial charge in [-0.1, -0.05) is 24.5 Å². The second-order valence-corrected chi connectivity index (χ2v) is 6.90. The molecule has 6 rings (SSSR count). The second-order valence-electron chi connectivity index (χ2n) is 6.90. The third kappa shape index (κ3) is 1.41. The van der Waals surface area contributed by atoms with Crippen LogP contribution in [0, 0.1) is 29.6 Å². The topological polar surface area (TPSA) is 0 Å². The van der Waals surface area contributed by atoms with Crippen molar-refractivity contribution in [3.8, 4) is 0 Å². The SMILES string of the molecule is C1=C(C2CC3CCC2CC3)C2CCC1CC2. The standard InChI is InChI=1S/C16H24/c1-5-13-6-2-11(1)9-15(13)16-10-12-3-7-14(16)8-4-12/h9,11-14,16H,1-8,10H2. The first-order valence-corrected chi connectivity index (χ1v) is 7.62. The number of fused-ring (bicyclic) bond motifs is 6. The van der Waals surface area contributed by atoms with Crippen molar-refractivity contribution in [1.82, 2.24) is 0 Å². The molecule has 0 amide bonds. The zero-order valence-corrected chi connectivity index (χ0v) is 10.3. The Kier molecular flexibility index (Phi) is 2.20. The minimum absolute atomic E-state index is 0.987. The summed E-state index contributed by atoms with van der Waals surface area (Å²) in [5.41, 5.74) is 1.96. The summed E-state index contributed by atoms with van der Waals surface area (Å²) in [4.78, 5) is 0. The molecule has 16 heavy (non-hydrogen) atoms. The van der Waals surface area contributed by atoms with E-state index < -0.39 is 0 Å². The maximum Gasteiger partial charge on any atom is -0.0169 e. The molecule has 1 unspecified atom stereocenters. The Morgan fingerprint density at radius 1 is 0.812 bits per heavy atom. The molecule has 88 valence electrons. The Balaban J connectivity index is 1.61. The fourth-order valence-corrected chi connectivity index (χ4v) is 5.24. The summed E-state index contributed by atoms with van der Waals surface area (Å²) in [6.07, 6.45) is 16.6. The molecule has 0 aromatic carbocycles. The molecule has 0 N–H and O–H groups in total. The fourth-order valence-electron chi connectivity index (χ4n) is 5.24. The van der Waals surface area contributed by atoms with Gasteiger partial charge in [0, 0.05) is 0 Å². The summed E-state index contributed by atoms with van der Waals surface area (Å²) >= 11 is 0. The smallest absolute Gasteiger partial charge is 0.0169 e. The summed E-state index contributed by atoms with van der Waals surface area (Å²) in [6.45, 7) is 0. The lowest BCUT2D eigenvalue weighted by atomic mass is 9.57. The molecule has 0 spiro atoms. The first-order chi connectivity index (χ1) is 7.90. The van der Waals surface area contributed by atoms with Crippen LogP contribution in [0.4, 0.5) is 0 Å². The zero-order valence-electron chi connectivity index (χ0n) is 10.3. The second kappa shape index (κ2) is 3.62. The van der Waals surface area contributed by atoms with Crippen LogP contribution in [0.5, 0.6) is 0 Å². The van der Waals surface area contributed by atoms with Crippen LogP contribution in [0.25, 0.3) is 0 Å². The molecule has 4 bridgehead atoms. The van der Waals surface area contributed by atoms with Crippen LogP contribution in [-0.2, 0) is 0 Å². The first kappa shape index (κ1) is 9.74. The average Bonchev–Trinajstić information content (AvgIpc) is 2.41. The van der Waals surface area contributed by atoms with E-state index in [1.54, 1.807) is 32.1 Å². The van der Waals surface area contributed by atoms with Crippen molar-refractivity contribution < 1.29 is 0 Å². The summed E-state index contributed by atoms with van der Waals surface area (Å²) in [5.74, 6) is 5.25. The highest BCUT2D eigenvalue weighted by Crippen LogP contribution is 2.53. The number of hydrogen-bond donors (Lipinski definition) is 0. The average molecular weight is 216 g/mol. The van der Waals surface area contributed by atoms with Crippen LogP contribution in [0.15, 0.2) is 11.6 Å². The zero-order chi connectivity index (χ0) is 10.5.